The Kier molecular flexibility index (Phi) is 4.60. The number of aromatic nitrogens is 3. The Hall–Kier alpha value is -2.45. The van der Waals surface area contributed by atoms with Gasteiger partial charge in [0.1, 0.15) is 5.75 Å². The molecule has 136 valence electrons. The zero-order valence-corrected chi connectivity index (χ0v) is 15.5. The van der Waals surface area contributed by atoms with Gasteiger partial charge in [-0.25, -0.2) is 4.98 Å². The number of carbonyl (C=O) groups excluding carboxylic acids is 1. The molecule has 1 aliphatic heterocycles. The van der Waals surface area contributed by atoms with Crippen LogP contribution in [0, 0.1) is 0 Å². The maximum Gasteiger partial charge on any atom is 0.280 e. The van der Waals surface area contributed by atoms with Gasteiger partial charge in [0.15, 0.2) is 10.8 Å². The van der Waals surface area contributed by atoms with Crippen LogP contribution in [-0.4, -0.2) is 47.0 Å². The highest BCUT2D eigenvalue weighted by Crippen LogP contribution is 2.32. The number of hydrogen-bond donors (Lipinski definition) is 0. The van der Waals surface area contributed by atoms with Gasteiger partial charge in [-0.1, -0.05) is 11.3 Å². The summed E-state index contributed by atoms with van der Waals surface area (Å²) in [5.41, 5.74) is 1.22. The smallest absolute Gasteiger partial charge is 0.280 e. The Bertz CT molecular complexity index is 930. The number of hydrogen-bond acceptors (Lipinski definition) is 6. The monoisotopic (exact) mass is 372 g/mol. The van der Waals surface area contributed by atoms with E-state index in [4.69, 9.17) is 9.47 Å². The van der Waals surface area contributed by atoms with Crippen molar-refractivity contribution in [1.29, 1.82) is 0 Å². The van der Waals surface area contributed by atoms with E-state index in [9.17, 15) is 4.79 Å². The summed E-state index contributed by atoms with van der Waals surface area (Å²) in [6.45, 7) is 1.22. The number of fused-ring (bicyclic) bond motifs is 1. The topological polar surface area (TPSA) is 69.5 Å². The molecule has 1 fully saturated rings. The molecule has 1 aromatic carbocycles. The fraction of sp³-hybridized carbons (Fsp3) is 0.389. The summed E-state index contributed by atoms with van der Waals surface area (Å²) in [6.07, 6.45) is 3.77. The van der Waals surface area contributed by atoms with Crippen LogP contribution >= 0.6 is 11.3 Å². The number of aryl methyl sites for hydroxylation is 1. The summed E-state index contributed by atoms with van der Waals surface area (Å²) in [5, 5.41) is 4.91. The van der Waals surface area contributed by atoms with Gasteiger partial charge in [-0.2, -0.15) is 5.10 Å². The lowest BCUT2D eigenvalue weighted by atomic mass is 10.2. The van der Waals surface area contributed by atoms with Crippen LogP contribution in [0.5, 0.6) is 5.75 Å². The van der Waals surface area contributed by atoms with E-state index in [0.717, 1.165) is 35.4 Å². The first-order valence-electron chi connectivity index (χ1n) is 8.52. The van der Waals surface area contributed by atoms with Gasteiger partial charge in [-0.05, 0) is 31.0 Å². The molecule has 0 radical (unpaired) electrons. The fourth-order valence-electron chi connectivity index (χ4n) is 3.04. The second-order valence-corrected chi connectivity index (χ2v) is 7.26. The van der Waals surface area contributed by atoms with Crippen LogP contribution in [-0.2, 0) is 11.8 Å². The molecule has 1 saturated heterocycles. The van der Waals surface area contributed by atoms with E-state index in [0.29, 0.717) is 17.4 Å². The molecule has 1 amide bonds. The van der Waals surface area contributed by atoms with Crippen LogP contribution in [0.2, 0.25) is 0 Å². The molecule has 1 atom stereocenters. The average molecular weight is 372 g/mol. The average Bonchev–Trinajstić information content (AvgIpc) is 3.38. The maximum absolute atomic E-state index is 13.1. The normalized spacial score (nSPS) is 16.9. The van der Waals surface area contributed by atoms with E-state index >= 15 is 0 Å². The number of amides is 1. The summed E-state index contributed by atoms with van der Waals surface area (Å²) >= 11 is 1.49. The quantitative estimate of drug-likeness (QED) is 0.689. The lowest BCUT2D eigenvalue weighted by molar-refractivity contribution is 0.0913. The van der Waals surface area contributed by atoms with Gasteiger partial charge in [0.2, 0.25) is 0 Å². The largest absolute Gasteiger partial charge is 0.497 e. The number of anilines is 1. The van der Waals surface area contributed by atoms with Crippen LogP contribution in [0.25, 0.3) is 10.2 Å². The SMILES string of the molecule is COc1ccc2sc(N(CC3CCCO3)C(=O)c3ccn(C)n3)nc2c1. The highest BCUT2D eigenvalue weighted by atomic mass is 32.1. The third kappa shape index (κ3) is 3.30. The zero-order valence-electron chi connectivity index (χ0n) is 14.7. The highest BCUT2D eigenvalue weighted by molar-refractivity contribution is 7.22. The Labute approximate surface area is 155 Å². The fourth-order valence-corrected chi connectivity index (χ4v) is 4.00. The van der Waals surface area contributed by atoms with E-state index in [1.165, 1.54) is 11.3 Å². The Morgan fingerprint density at radius 1 is 1.46 bits per heavy atom. The van der Waals surface area contributed by atoms with Crippen molar-refractivity contribution in [2.75, 3.05) is 25.2 Å². The van der Waals surface area contributed by atoms with Crippen molar-refractivity contribution in [2.45, 2.75) is 18.9 Å². The predicted molar refractivity (Wildman–Crippen MR) is 100 cm³/mol. The number of benzene rings is 1. The van der Waals surface area contributed by atoms with Gasteiger partial charge in [0.25, 0.3) is 5.91 Å². The first-order valence-corrected chi connectivity index (χ1v) is 9.33. The molecule has 8 heteroatoms. The van der Waals surface area contributed by atoms with Crippen LogP contribution in [0.1, 0.15) is 23.3 Å². The lowest BCUT2D eigenvalue weighted by Gasteiger charge is -2.22. The number of rotatable bonds is 5. The van der Waals surface area contributed by atoms with Crippen LogP contribution in [0.15, 0.2) is 30.5 Å². The highest BCUT2D eigenvalue weighted by Gasteiger charge is 2.28. The number of methoxy groups -OCH3 is 1. The Morgan fingerprint density at radius 2 is 2.35 bits per heavy atom. The third-order valence-electron chi connectivity index (χ3n) is 4.40. The molecule has 0 spiro atoms. The van der Waals surface area contributed by atoms with Crippen LogP contribution in [0.4, 0.5) is 5.13 Å². The van der Waals surface area contributed by atoms with Gasteiger partial charge >= 0.3 is 0 Å². The van der Waals surface area contributed by atoms with Crippen molar-refractivity contribution in [3.63, 3.8) is 0 Å². The minimum absolute atomic E-state index is 0.0317. The van der Waals surface area contributed by atoms with Crippen molar-refractivity contribution in [1.82, 2.24) is 14.8 Å². The molecule has 3 aromatic rings. The number of thiazole rings is 1. The summed E-state index contributed by atoms with van der Waals surface area (Å²) < 4.78 is 13.6. The van der Waals surface area contributed by atoms with Gasteiger partial charge in [0.05, 0.1) is 30.0 Å². The van der Waals surface area contributed by atoms with Gasteiger partial charge in [-0.3, -0.25) is 14.4 Å². The number of nitrogens with zero attached hydrogens (tertiary/aromatic N) is 4. The van der Waals surface area contributed by atoms with E-state index in [2.05, 4.69) is 10.1 Å². The van der Waals surface area contributed by atoms with E-state index < -0.39 is 0 Å². The minimum Gasteiger partial charge on any atom is -0.497 e. The maximum atomic E-state index is 13.1. The summed E-state index contributed by atoms with van der Waals surface area (Å²) in [4.78, 5) is 19.4. The van der Waals surface area contributed by atoms with Gasteiger partial charge < -0.3 is 9.47 Å². The molecule has 7 nitrogen and oxygen atoms in total. The van der Waals surface area contributed by atoms with Crippen LogP contribution in [0.3, 0.4) is 0 Å². The van der Waals surface area contributed by atoms with Gasteiger partial charge in [-0.15, -0.1) is 0 Å². The predicted octanol–water partition coefficient (Wildman–Crippen LogP) is 2.86. The Morgan fingerprint density at radius 3 is 3.04 bits per heavy atom. The van der Waals surface area contributed by atoms with Crippen molar-refractivity contribution in [2.24, 2.45) is 7.05 Å². The number of carbonyl (C=O) groups is 1. The Balaban J connectivity index is 1.70. The molecule has 3 heterocycles. The first kappa shape index (κ1) is 17.0. The van der Waals surface area contributed by atoms with E-state index in [1.807, 2.05) is 18.2 Å². The lowest BCUT2D eigenvalue weighted by Crippen LogP contribution is -2.37. The first-order chi connectivity index (χ1) is 12.6. The summed E-state index contributed by atoms with van der Waals surface area (Å²) in [6, 6.07) is 7.46. The number of ether oxygens (including phenoxy) is 2. The summed E-state index contributed by atoms with van der Waals surface area (Å²) in [7, 11) is 3.42. The molecule has 2 aromatic heterocycles. The molecular formula is C18H20N4O3S. The molecule has 26 heavy (non-hydrogen) atoms. The van der Waals surface area contributed by atoms with E-state index in [-0.39, 0.29) is 12.0 Å². The van der Waals surface area contributed by atoms with Crippen molar-refractivity contribution in [3.8, 4) is 5.75 Å². The van der Waals surface area contributed by atoms with Gasteiger partial charge in [0, 0.05) is 25.9 Å². The molecule has 1 aliphatic rings. The molecule has 0 bridgehead atoms. The molecule has 0 aliphatic carbocycles. The molecule has 0 N–H and O–H groups in total. The molecule has 1 unspecified atom stereocenters. The summed E-state index contributed by atoms with van der Waals surface area (Å²) in [5.74, 6) is 0.586. The molecule has 4 rings (SSSR count). The third-order valence-corrected chi connectivity index (χ3v) is 5.46. The molecule has 0 saturated carbocycles. The van der Waals surface area contributed by atoms with Crippen molar-refractivity contribution in [3.05, 3.63) is 36.2 Å². The standard InChI is InChI=1S/C18H20N4O3S/c1-21-8-7-14(20-21)17(23)22(11-13-4-3-9-25-13)18-19-15-10-12(24-2)5-6-16(15)26-18/h5-8,10,13H,3-4,9,11H2,1-2H3. The van der Waals surface area contributed by atoms with E-state index in [1.54, 1.807) is 36.0 Å². The second kappa shape index (κ2) is 7.05. The van der Waals surface area contributed by atoms with Crippen molar-refractivity contribution < 1.29 is 14.3 Å². The van der Waals surface area contributed by atoms with Crippen molar-refractivity contribution >= 4 is 32.6 Å². The second-order valence-electron chi connectivity index (χ2n) is 6.26. The van der Waals surface area contributed by atoms with Crippen LogP contribution < -0.4 is 9.64 Å². The minimum atomic E-state index is -0.160. The molecular weight excluding hydrogens is 352 g/mol. The zero-order chi connectivity index (χ0) is 18.1.